The largest absolute Gasteiger partial charge is 0.465 e. The first-order chi connectivity index (χ1) is 9.98. The van der Waals surface area contributed by atoms with Crippen molar-refractivity contribution in [2.45, 2.75) is 31.6 Å². The molecule has 1 atom stereocenters. The zero-order chi connectivity index (χ0) is 15.7. The van der Waals surface area contributed by atoms with Gasteiger partial charge in [0.1, 0.15) is 6.04 Å². The minimum atomic E-state index is -3.60. The van der Waals surface area contributed by atoms with Crippen molar-refractivity contribution in [2.24, 2.45) is 0 Å². The van der Waals surface area contributed by atoms with Gasteiger partial charge in [0.15, 0.2) is 0 Å². The Bertz CT molecular complexity index is 533. The van der Waals surface area contributed by atoms with Crippen molar-refractivity contribution in [2.75, 3.05) is 11.9 Å². The Labute approximate surface area is 134 Å². The topological polar surface area (TPSA) is 72.5 Å². The number of carbonyl (C=O) groups is 1. The molecule has 0 aliphatic heterocycles. The molecule has 0 aliphatic rings. The van der Waals surface area contributed by atoms with Crippen molar-refractivity contribution in [3.05, 3.63) is 35.9 Å². The minimum Gasteiger partial charge on any atom is -0.465 e. The van der Waals surface area contributed by atoms with Crippen LogP contribution in [0.3, 0.4) is 0 Å². The normalized spacial score (nSPS) is 12.9. The Morgan fingerprint density at radius 3 is 2.57 bits per heavy atom. The van der Waals surface area contributed by atoms with E-state index in [9.17, 15) is 13.2 Å². The monoisotopic (exact) mass is 377 g/mol. The molecule has 0 aromatic heterocycles. The molecule has 21 heavy (non-hydrogen) atoms. The lowest BCUT2D eigenvalue weighted by Gasteiger charge is -2.16. The lowest BCUT2D eigenvalue weighted by Crippen LogP contribution is -2.42. The van der Waals surface area contributed by atoms with Gasteiger partial charge in [-0.15, -0.1) is 0 Å². The number of ether oxygens (including phenoxy) is 1. The third-order valence-electron chi connectivity index (χ3n) is 2.65. The zero-order valence-corrected chi connectivity index (χ0v) is 14.3. The molecule has 7 heteroatoms. The third-order valence-corrected chi connectivity index (χ3v) is 4.47. The van der Waals surface area contributed by atoms with E-state index >= 15 is 0 Å². The highest BCUT2D eigenvalue weighted by atomic mass is 79.9. The highest BCUT2D eigenvalue weighted by molar-refractivity contribution is 9.09. The molecular formula is C14H20BrNO4S. The van der Waals surface area contributed by atoms with Crippen LogP contribution in [0.1, 0.15) is 25.3 Å². The SMILES string of the molecule is CCCOC(=O)[C@H](CCBr)NS(=O)(=O)Cc1ccccc1. The van der Waals surface area contributed by atoms with E-state index in [0.29, 0.717) is 23.7 Å². The standard InChI is InChI=1S/C14H20BrNO4S/c1-2-10-20-14(17)13(8-9-15)16-21(18,19)11-12-6-4-3-5-7-12/h3-7,13,16H,2,8-11H2,1H3/t13-/m0/s1. The van der Waals surface area contributed by atoms with E-state index in [1.54, 1.807) is 24.3 Å². The summed E-state index contributed by atoms with van der Waals surface area (Å²) in [5, 5.41) is 0.507. The fraction of sp³-hybridized carbons (Fsp3) is 0.500. The van der Waals surface area contributed by atoms with E-state index in [-0.39, 0.29) is 12.4 Å². The Morgan fingerprint density at radius 2 is 2.00 bits per heavy atom. The second kappa shape index (κ2) is 9.17. The van der Waals surface area contributed by atoms with Crippen LogP contribution in [0.25, 0.3) is 0 Å². The molecule has 0 saturated carbocycles. The average molecular weight is 378 g/mol. The van der Waals surface area contributed by atoms with Gasteiger partial charge in [-0.25, -0.2) is 13.1 Å². The molecule has 1 aromatic carbocycles. The predicted octanol–water partition coefficient (Wildman–Crippen LogP) is 2.21. The van der Waals surface area contributed by atoms with Crippen LogP contribution in [0, 0.1) is 0 Å². The molecule has 0 bridgehead atoms. The number of hydrogen-bond acceptors (Lipinski definition) is 4. The van der Waals surface area contributed by atoms with E-state index < -0.39 is 22.0 Å². The number of nitrogens with one attached hydrogen (secondary N) is 1. The average Bonchev–Trinajstić information content (AvgIpc) is 2.44. The van der Waals surface area contributed by atoms with E-state index in [1.807, 2.05) is 13.0 Å². The molecule has 118 valence electrons. The van der Waals surface area contributed by atoms with Crippen LogP contribution >= 0.6 is 15.9 Å². The zero-order valence-electron chi connectivity index (χ0n) is 11.9. The number of alkyl halides is 1. The third kappa shape index (κ3) is 7.06. The number of halogens is 1. The molecule has 1 rings (SSSR count). The van der Waals surface area contributed by atoms with E-state index in [4.69, 9.17) is 4.74 Å². The quantitative estimate of drug-likeness (QED) is 0.528. The molecule has 0 heterocycles. The maximum Gasteiger partial charge on any atom is 0.324 e. The highest BCUT2D eigenvalue weighted by Crippen LogP contribution is 2.08. The Balaban J connectivity index is 2.70. The summed E-state index contributed by atoms with van der Waals surface area (Å²) < 4.78 is 31.7. The summed E-state index contributed by atoms with van der Waals surface area (Å²) >= 11 is 3.22. The van der Waals surface area contributed by atoms with E-state index in [2.05, 4.69) is 20.7 Å². The van der Waals surface area contributed by atoms with Crippen molar-refractivity contribution in [3.63, 3.8) is 0 Å². The molecule has 1 N–H and O–H groups in total. The van der Waals surface area contributed by atoms with Crippen LogP contribution in [0.4, 0.5) is 0 Å². The van der Waals surface area contributed by atoms with Crippen LogP contribution in [0.5, 0.6) is 0 Å². The molecule has 1 aromatic rings. The first kappa shape index (κ1) is 18.1. The van der Waals surface area contributed by atoms with Crippen molar-refractivity contribution >= 4 is 31.9 Å². The summed E-state index contributed by atoms with van der Waals surface area (Å²) in [5.41, 5.74) is 0.671. The maximum atomic E-state index is 12.1. The molecule has 0 fully saturated rings. The first-order valence-corrected chi connectivity index (χ1v) is 9.52. The summed E-state index contributed by atoms with van der Waals surface area (Å²) in [4.78, 5) is 11.9. The van der Waals surface area contributed by atoms with Gasteiger partial charge in [0.25, 0.3) is 0 Å². The van der Waals surface area contributed by atoms with E-state index in [0.717, 1.165) is 0 Å². The number of sulfonamides is 1. The molecule has 0 spiro atoms. The van der Waals surface area contributed by atoms with Gasteiger partial charge in [0.05, 0.1) is 12.4 Å². The summed E-state index contributed by atoms with van der Waals surface area (Å²) in [6.07, 6.45) is 1.04. The summed E-state index contributed by atoms with van der Waals surface area (Å²) in [5.74, 6) is -0.693. The smallest absolute Gasteiger partial charge is 0.324 e. The van der Waals surface area contributed by atoms with Crippen LogP contribution in [0.15, 0.2) is 30.3 Å². The van der Waals surface area contributed by atoms with Crippen LogP contribution in [-0.2, 0) is 25.3 Å². The molecule has 0 radical (unpaired) electrons. The maximum absolute atomic E-state index is 12.1. The molecule has 0 aliphatic carbocycles. The van der Waals surface area contributed by atoms with Crippen LogP contribution in [-0.4, -0.2) is 32.4 Å². The second-order valence-electron chi connectivity index (χ2n) is 4.56. The Morgan fingerprint density at radius 1 is 1.33 bits per heavy atom. The van der Waals surface area contributed by atoms with Gasteiger partial charge in [-0.2, -0.15) is 0 Å². The van der Waals surface area contributed by atoms with Gasteiger partial charge in [-0.3, -0.25) is 4.79 Å². The lowest BCUT2D eigenvalue weighted by atomic mass is 10.2. The molecule has 0 amide bonds. The number of esters is 1. The molecule has 0 unspecified atom stereocenters. The number of hydrogen-bond donors (Lipinski definition) is 1. The summed E-state index contributed by atoms with van der Waals surface area (Å²) in [6, 6.07) is 7.97. The second-order valence-corrected chi connectivity index (χ2v) is 7.11. The molecule has 5 nitrogen and oxygen atoms in total. The Kier molecular flexibility index (Phi) is 7.92. The number of benzene rings is 1. The van der Waals surface area contributed by atoms with Crippen molar-refractivity contribution in [3.8, 4) is 0 Å². The van der Waals surface area contributed by atoms with Crippen molar-refractivity contribution in [1.82, 2.24) is 4.72 Å². The fourth-order valence-corrected chi connectivity index (χ4v) is 3.51. The molecular weight excluding hydrogens is 358 g/mol. The molecule has 0 saturated heterocycles. The number of rotatable bonds is 9. The fourth-order valence-electron chi connectivity index (χ4n) is 1.69. The minimum absolute atomic E-state index is 0.159. The van der Waals surface area contributed by atoms with Gasteiger partial charge >= 0.3 is 5.97 Å². The van der Waals surface area contributed by atoms with Gasteiger partial charge in [-0.1, -0.05) is 53.2 Å². The van der Waals surface area contributed by atoms with Gasteiger partial charge in [0, 0.05) is 5.33 Å². The van der Waals surface area contributed by atoms with Crippen molar-refractivity contribution < 1.29 is 17.9 Å². The predicted molar refractivity (Wildman–Crippen MR) is 85.7 cm³/mol. The van der Waals surface area contributed by atoms with Crippen molar-refractivity contribution in [1.29, 1.82) is 0 Å². The van der Waals surface area contributed by atoms with E-state index in [1.165, 1.54) is 0 Å². The highest BCUT2D eigenvalue weighted by Gasteiger charge is 2.25. The van der Waals surface area contributed by atoms with Gasteiger partial charge < -0.3 is 4.74 Å². The van der Waals surface area contributed by atoms with Crippen LogP contribution in [0.2, 0.25) is 0 Å². The number of carbonyl (C=O) groups excluding carboxylic acids is 1. The van der Waals surface area contributed by atoms with Gasteiger partial charge in [0.2, 0.25) is 10.0 Å². The lowest BCUT2D eigenvalue weighted by molar-refractivity contribution is -0.145. The Hall–Kier alpha value is -0.920. The summed E-state index contributed by atoms with van der Waals surface area (Å²) in [7, 11) is -3.60. The van der Waals surface area contributed by atoms with Crippen LogP contribution < -0.4 is 4.72 Å². The summed E-state index contributed by atoms with van der Waals surface area (Å²) in [6.45, 7) is 2.17. The van der Waals surface area contributed by atoms with Gasteiger partial charge in [-0.05, 0) is 18.4 Å². The first-order valence-electron chi connectivity index (χ1n) is 6.75.